The van der Waals surface area contributed by atoms with E-state index in [1.54, 1.807) is 0 Å². The summed E-state index contributed by atoms with van der Waals surface area (Å²) in [4.78, 5) is 22.3. The Hall–Kier alpha value is -2.71. The molecule has 0 aromatic heterocycles. The molecule has 2 saturated heterocycles. The molecule has 6 nitrogen and oxygen atoms in total. The minimum absolute atomic E-state index is 0.0249. The summed E-state index contributed by atoms with van der Waals surface area (Å²) >= 11 is 6.29. The Balaban J connectivity index is 1.52. The standard InChI is InChI=1S/C29H38ClF2N5O/c1-17(35-28(33)34)23-13-19(30)5-7-21(23)18-9-11-36(12-10-18)27(38)25-16-37(29(2,3)4)15-24(25)22-8-6-20(31)14-26(22)32/h5-8,13-14,17-18,24-25H,9-12,15-16H2,1-4H3,(H4,33,34,35)/t17-,24-,25+/m0/s1. The van der Waals surface area contributed by atoms with Crippen LogP contribution in [0.1, 0.15) is 75.1 Å². The number of hydrogen-bond acceptors (Lipinski definition) is 3. The van der Waals surface area contributed by atoms with E-state index in [0.29, 0.717) is 36.8 Å². The molecule has 206 valence electrons. The minimum Gasteiger partial charge on any atom is -0.370 e. The number of carbonyl (C=O) groups is 1. The summed E-state index contributed by atoms with van der Waals surface area (Å²) in [5.74, 6) is -1.62. The maximum atomic E-state index is 14.8. The number of carbonyl (C=O) groups excluding carboxylic acids is 1. The fraction of sp³-hybridized carbons (Fsp3) is 0.517. The number of piperidine rings is 1. The van der Waals surface area contributed by atoms with Crippen molar-refractivity contribution in [2.45, 2.75) is 64.0 Å². The predicted octanol–water partition coefficient (Wildman–Crippen LogP) is 5.17. The monoisotopic (exact) mass is 545 g/mol. The van der Waals surface area contributed by atoms with Crippen molar-refractivity contribution in [1.29, 1.82) is 0 Å². The summed E-state index contributed by atoms with van der Waals surface area (Å²) in [7, 11) is 0. The summed E-state index contributed by atoms with van der Waals surface area (Å²) in [5, 5.41) is 0.623. The van der Waals surface area contributed by atoms with Crippen LogP contribution in [0.3, 0.4) is 0 Å². The lowest BCUT2D eigenvalue weighted by Crippen LogP contribution is -2.44. The van der Waals surface area contributed by atoms with Crippen molar-refractivity contribution in [2.24, 2.45) is 22.4 Å². The molecule has 0 aliphatic carbocycles. The molecule has 9 heteroatoms. The van der Waals surface area contributed by atoms with Gasteiger partial charge in [-0.1, -0.05) is 23.7 Å². The van der Waals surface area contributed by atoms with Crippen molar-refractivity contribution < 1.29 is 13.6 Å². The summed E-state index contributed by atoms with van der Waals surface area (Å²) in [6.07, 6.45) is 1.58. The highest BCUT2D eigenvalue weighted by Gasteiger charge is 2.44. The topological polar surface area (TPSA) is 87.9 Å². The van der Waals surface area contributed by atoms with Crippen LogP contribution in [0.5, 0.6) is 0 Å². The number of hydrogen-bond donors (Lipinski definition) is 2. The van der Waals surface area contributed by atoms with Gasteiger partial charge in [-0.25, -0.2) is 13.8 Å². The van der Waals surface area contributed by atoms with Crippen LogP contribution in [0.4, 0.5) is 8.78 Å². The molecule has 2 heterocycles. The lowest BCUT2D eigenvalue weighted by molar-refractivity contribution is -0.136. The van der Waals surface area contributed by atoms with Crippen LogP contribution < -0.4 is 11.5 Å². The summed E-state index contributed by atoms with van der Waals surface area (Å²) in [6, 6.07) is 9.27. The lowest BCUT2D eigenvalue weighted by Gasteiger charge is -2.36. The van der Waals surface area contributed by atoms with Crippen LogP contribution in [-0.2, 0) is 4.79 Å². The van der Waals surface area contributed by atoms with Crippen molar-refractivity contribution in [2.75, 3.05) is 26.2 Å². The van der Waals surface area contributed by atoms with Gasteiger partial charge in [-0.15, -0.1) is 0 Å². The number of halogens is 3. The SMILES string of the molecule is C[C@H](N=C(N)N)c1cc(Cl)ccc1C1CCN(C(=O)[C@@H]2CN(C(C)(C)C)C[C@H]2c2ccc(F)cc2F)CC1. The Labute approximate surface area is 229 Å². The van der Waals surface area contributed by atoms with Crippen LogP contribution in [0.2, 0.25) is 5.02 Å². The molecule has 0 bridgehead atoms. The molecule has 2 aliphatic heterocycles. The number of nitrogens with two attached hydrogens (primary N) is 2. The van der Waals surface area contributed by atoms with Gasteiger partial charge in [0.2, 0.25) is 5.91 Å². The molecule has 2 aliphatic rings. The molecule has 0 spiro atoms. The lowest BCUT2D eigenvalue weighted by atomic mass is 9.83. The van der Waals surface area contributed by atoms with Crippen LogP contribution in [0, 0.1) is 17.6 Å². The smallest absolute Gasteiger partial charge is 0.227 e. The van der Waals surface area contributed by atoms with Crippen molar-refractivity contribution in [3.63, 3.8) is 0 Å². The van der Waals surface area contributed by atoms with Crippen molar-refractivity contribution in [1.82, 2.24) is 9.80 Å². The maximum absolute atomic E-state index is 14.8. The molecular weight excluding hydrogens is 508 g/mol. The van der Waals surface area contributed by atoms with Crippen LogP contribution >= 0.6 is 11.6 Å². The van der Waals surface area contributed by atoms with Crippen LogP contribution in [0.15, 0.2) is 41.4 Å². The van der Waals surface area contributed by atoms with Gasteiger partial charge in [0.25, 0.3) is 0 Å². The molecule has 2 aromatic rings. The normalized spacial score (nSPS) is 21.9. The van der Waals surface area contributed by atoms with E-state index in [0.717, 1.165) is 30.0 Å². The Morgan fingerprint density at radius 2 is 1.71 bits per heavy atom. The predicted molar refractivity (Wildman–Crippen MR) is 148 cm³/mol. The van der Waals surface area contributed by atoms with Crippen molar-refractivity contribution in [3.8, 4) is 0 Å². The molecule has 1 amide bonds. The fourth-order valence-electron chi connectivity index (χ4n) is 5.94. The third-order valence-electron chi connectivity index (χ3n) is 8.04. The number of amides is 1. The molecule has 3 atom stereocenters. The van der Waals surface area contributed by atoms with Crippen LogP contribution in [0.25, 0.3) is 0 Å². The van der Waals surface area contributed by atoms with Gasteiger partial charge in [-0.05, 0) is 81.3 Å². The third kappa shape index (κ3) is 6.12. The van der Waals surface area contributed by atoms with E-state index in [9.17, 15) is 13.6 Å². The van der Waals surface area contributed by atoms with Gasteiger partial charge >= 0.3 is 0 Å². The Bertz CT molecular complexity index is 1200. The zero-order valence-corrected chi connectivity index (χ0v) is 23.3. The highest BCUT2D eigenvalue weighted by molar-refractivity contribution is 6.30. The Kier molecular flexibility index (Phi) is 8.33. The van der Waals surface area contributed by atoms with E-state index in [-0.39, 0.29) is 35.3 Å². The number of aliphatic imine (C=N–C) groups is 1. The van der Waals surface area contributed by atoms with E-state index >= 15 is 0 Å². The number of nitrogens with zero attached hydrogens (tertiary/aromatic N) is 3. The van der Waals surface area contributed by atoms with Gasteiger partial charge in [0, 0.05) is 48.7 Å². The minimum atomic E-state index is -0.613. The van der Waals surface area contributed by atoms with E-state index in [1.807, 2.05) is 30.0 Å². The first-order valence-corrected chi connectivity index (χ1v) is 13.6. The molecule has 4 N–H and O–H groups in total. The Morgan fingerprint density at radius 1 is 1.05 bits per heavy atom. The summed E-state index contributed by atoms with van der Waals surface area (Å²) in [6.45, 7) is 10.5. The zero-order chi connectivity index (χ0) is 27.8. The van der Waals surface area contributed by atoms with Crippen molar-refractivity contribution in [3.05, 3.63) is 69.7 Å². The molecule has 0 radical (unpaired) electrons. The van der Waals surface area contributed by atoms with E-state index < -0.39 is 17.6 Å². The molecule has 2 aromatic carbocycles. The molecule has 4 rings (SSSR count). The second-order valence-electron chi connectivity index (χ2n) is 11.6. The second kappa shape index (κ2) is 11.2. The van der Waals surface area contributed by atoms with Gasteiger partial charge < -0.3 is 16.4 Å². The largest absolute Gasteiger partial charge is 0.370 e. The molecule has 38 heavy (non-hydrogen) atoms. The quantitative estimate of drug-likeness (QED) is 0.400. The van der Waals surface area contributed by atoms with Gasteiger partial charge in [0.15, 0.2) is 5.96 Å². The number of likely N-dealkylation sites (tertiary alicyclic amines) is 2. The fourth-order valence-corrected chi connectivity index (χ4v) is 6.12. The van der Waals surface area contributed by atoms with Gasteiger partial charge in [-0.3, -0.25) is 9.69 Å². The third-order valence-corrected chi connectivity index (χ3v) is 8.27. The van der Waals surface area contributed by atoms with E-state index in [2.05, 4.69) is 30.7 Å². The van der Waals surface area contributed by atoms with E-state index in [1.165, 1.54) is 12.1 Å². The first-order valence-electron chi connectivity index (χ1n) is 13.2. The number of benzene rings is 2. The maximum Gasteiger partial charge on any atom is 0.227 e. The van der Waals surface area contributed by atoms with Gasteiger partial charge in [-0.2, -0.15) is 0 Å². The second-order valence-corrected chi connectivity index (χ2v) is 12.0. The van der Waals surface area contributed by atoms with Crippen molar-refractivity contribution >= 4 is 23.5 Å². The first-order chi connectivity index (χ1) is 17.8. The van der Waals surface area contributed by atoms with Crippen LogP contribution in [-0.4, -0.2) is 53.4 Å². The average Bonchev–Trinajstić information content (AvgIpc) is 3.29. The van der Waals surface area contributed by atoms with Gasteiger partial charge in [0.05, 0.1) is 12.0 Å². The van der Waals surface area contributed by atoms with Gasteiger partial charge in [0.1, 0.15) is 11.6 Å². The highest BCUT2D eigenvalue weighted by Crippen LogP contribution is 2.40. The molecule has 0 saturated carbocycles. The summed E-state index contributed by atoms with van der Waals surface area (Å²) in [5.41, 5.74) is 13.6. The molecule has 2 fully saturated rings. The number of rotatable bonds is 5. The Morgan fingerprint density at radius 3 is 2.32 bits per heavy atom. The summed E-state index contributed by atoms with van der Waals surface area (Å²) < 4.78 is 28.5. The average molecular weight is 546 g/mol. The highest BCUT2D eigenvalue weighted by atomic mass is 35.5. The number of guanidine groups is 1. The molecular formula is C29H38ClF2N5O. The van der Waals surface area contributed by atoms with E-state index in [4.69, 9.17) is 23.1 Å². The molecule has 0 unspecified atom stereocenters. The first kappa shape index (κ1) is 28.3. The zero-order valence-electron chi connectivity index (χ0n) is 22.6.